The zero-order valence-corrected chi connectivity index (χ0v) is 23.7. The number of hydrogen-bond donors (Lipinski definition) is 1. The average molecular weight is 552 g/mol. The Bertz CT molecular complexity index is 1180. The van der Waals surface area contributed by atoms with E-state index in [1.165, 1.54) is 0 Å². The average Bonchev–Trinajstić information content (AvgIpc) is 2.82. The number of amides is 1. The van der Waals surface area contributed by atoms with Crippen LogP contribution in [0.15, 0.2) is 61.2 Å². The van der Waals surface area contributed by atoms with Crippen LogP contribution in [-0.4, -0.2) is 37.1 Å². The number of carbonyl (C=O) groups excluding carboxylic acids is 1. The molecule has 0 bridgehead atoms. The smallest absolute Gasteiger partial charge is 0.229 e. The summed E-state index contributed by atoms with van der Waals surface area (Å²) in [5, 5.41) is 0.678. The summed E-state index contributed by atoms with van der Waals surface area (Å²) in [6.45, 7) is 11.3. The standard InChI is InChI=1S/C28H36Cl2N2O3S/c1-6-15-28(5)17-25(21-9-8-10-23(30)16-21)26(20-11-13-22(29)14-12-20)32(27(28)33)24(7-2)18-31-36(34,35)19(3)4/h6,8-14,16,19,24-26,31H,1,7,15,17-18H2,2-5H3/t24-,25?,26+,28-/m0/s1. The van der Waals surface area contributed by atoms with Crippen molar-refractivity contribution >= 4 is 39.1 Å². The van der Waals surface area contributed by atoms with Gasteiger partial charge in [0, 0.05) is 28.5 Å². The van der Waals surface area contributed by atoms with Crippen LogP contribution < -0.4 is 4.72 Å². The number of allylic oxidation sites excluding steroid dienone is 1. The molecule has 1 saturated heterocycles. The van der Waals surface area contributed by atoms with Crippen molar-refractivity contribution in [1.29, 1.82) is 0 Å². The second-order valence-electron chi connectivity index (χ2n) is 10.1. The van der Waals surface area contributed by atoms with Gasteiger partial charge in [-0.1, -0.05) is 67.4 Å². The molecule has 4 atom stereocenters. The summed E-state index contributed by atoms with van der Waals surface area (Å²) in [6, 6.07) is 14.7. The quantitative estimate of drug-likeness (QED) is 0.333. The normalized spacial score (nSPS) is 23.6. The Hall–Kier alpha value is -1.86. The second kappa shape index (κ2) is 11.7. The summed E-state index contributed by atoms with van der Waals surface area (Å²) in [5.41, 5.74) is 1.29. The van der Waals surface area contributed by atoms with E-state index < -0.39 is 20.7 Å². The highest BCUT2D eigenvalue weighted by Gasteiger charge is 2.50. The molecule has 3 rings (SSSR count). The molecule has 1 amide bonds. The fourth-order valence-electron chi connectivity index (χ4n) is 5.11. The maximum Gasteiger partial charge on any atom is 0.229 e. The highest BCUT2D eigenvalue weighted by molar-refractivity contribution is 7.90. The van der Waals surface area contributed by atoms with E-state index in [0.29, 0.717) is 29.3 Å². The lowest BCUT2D eigenvalue weighted by molar-refractivity contribution is -0.154. The maximum atomic E-state index is 14.2. The Morgan fingerprint density at radius 2 is 1.81 bits per heavy atom. The van der Waals surface area contributed by atoms with Crippen LogP contribution in [0.2, 0.25) is 10.0 Å². The summed E-state index contributed by atoms with van der Waals surface area (Å²) >= 11 is 12.6. The van der Waals surface area contributed by atoms with Gasteiger partial charge in [0.2, 0.25) is 15.9 Å². The molecule has 1 fully saturated rings. The van der Waals surface area contributed by atoms with Gasteiger partial charge >= 0.3 is 0 Å². The van der Waals surface area contributed by atoms with Crippen LogP contribution >= 0.6 is 23.2 Å². The van der Waals surface area contributed by atoms with Crippen LogP contribution in [0.5, 0.6) is 0 Å². The predicted octanol–water partition coefficient (Wildman–Crippen LogP) is 6.74. The molecule has 0 aromatic heterocycles. The van der Waals surface area contributed by atoms with Crippen LogP contribution in [0.3, 0.4) is 0 Å². The van der Waals surface area contributed by atoms with Crippen LogP contribution in [-0.2, 0) is 14.8 Å². The van der Waals surface area contributed by atoms with Crippen LogP contribution in [0.1, 0.15) is 70.0 Å². The van der Waals surface area contributed by atoms with E-state index in [-0.39, 0.29) is 30.5 Å². The highest BCUT2D eigenvalue weighted by Crippen LogP contribution is 2.52. The van der Waals surface area contributed by atoms with Gasteiger partial charge in [-0.15, -0.1) is 6.58 Å². The third-order valence-electron chi connectivity index (χ3n) is 7.19. The van der Waals surface area contributed by atoms with E-state index in [0.717, 1.165) is 11.1 Å². The first-order valence-electron chi connectivity index (χ1n) is 12.4. The summed E-state index contributed by atoms with van der Waals surface area (Å²) in [7, 11) is -3.50. The molecule has 5 nitrogen and oxygen atoms in total. The number of sulfonamides is 1. The van der Waals surface area contributed by atoms with Crippen molar-refractivity contribution in [2.45, 2.75) is 70.2 Å². The molecular weight excluding hydrogens is 515 g/mol. The van der Waals surface area contributed by atoms with Crippen LogP contribution in [0, 0.1) is 5.41 Å². The summed E-state index contributed by atoms with van der Waals surface area (Å²) in [5.74, 6) is -0.0699. The van der Waals surface area contributed by atoms with Crippen molar-refractivity contribution in [1.82, 2.24) is 9.62 Å². The summed E-state index contributed by atoms with van der Waals surface area (Å²) in [6.07, 6.45) is 3.50. The fourth-order valence-corrected chi connectivity index (χ4v) is 6.19. The first kappa shape index (κ1) is 28.7. The first-order chi connectivity index (χ1) is 16.9. The van der Waals surface area contributed by atoms with Gasteiger partial charge in [-0.25, -0.2) is 13.1 Å². The molecule has 196 valence electrons. The second-order valence-corrected chi connectivity index (χ2v) is 13.3. The molecule has 2 aromatic rings. The van der Waals surface area contributed by atoms with E-state index >= 15 is 0 Å². The third-order valence-corrected chi connectivity index (χ3v) is 9.49. The Balaban J connectivity index is 2.18. The topological polar surface area (TPSA) is 66.5 Å². The number of piperidine rings is 1. The molecule has 1 N–H and O–H groups in total. The number of halogens is 2. The van der Waals surface area contributed by atoms with Gasteiger partial charge in [0.25, 0.3) is 0 Å². The molecule has 1 unspecified atom stereocenters. The highest BCUT2D eigenvalue weighted by atomic mass is 35.5. The van der Waals surface area contributed by atoms with Crippen molar-refractivity contribution in [3.63, 3.8) is 0 Å². The minimum atomic E-state index is -3.50. The number of carbonyl (C=O) groups is 1. The molecular formula is C28H36Cl2N2O3S. The maximum absolute atomic E-state index is 14.2. The molecule has 1 heterocycles. The number of benzene rings is 2. The number of likely N-dealkylation sites (tertiary alicyclic amines) is 1. The Labute approximate surface area is 225 Å². The number of rotatable bonds is 10. The Morgan fingerprint density at radius 1 is 1.14 bits per heavy atom. The fraction of sp³-hybridized carbons (Fsp3) is 0.464. The molecule has 0 saturated carbocycles. The number of nitrogens with one attached hydrogen (secondary N) is 1. The van der Waals surface area contributed by atoms with Crippen LogP contribution in [0.4, 0.5) is 0 Å². The van der Waals surface area contributed by atoms with E-state index in [1.54, 1.807) is 19.9 Å². The lowest BCUT2D eigenvalue weighted by atomic mass is 9.67. The SMILES string of the molecule is C=CC[C@@]1(C)CC(c2cccc(Cl)c2)[C@@H](c2ccc(Cl)cc2)N([C@@H](CC)CNS(=O)(=O)C(C)C)C1=O. The van der Waals surface area contributed by atoms with Gasteiger partial charge in [0.05, 0.1) is 16.7 Å². The van der Waals surface area contributed by atoms with Gasteiger partial charge in [0.15, 0.2) is 0 Å². The van der Waals surface area contributed by atoms with Gasteiger partial charge in [-0.3, -0.25) is 4.79 Å². The van der Waals surface area contributed by atoms with E-state index in [1.807, 2.05) is 67.3 Å². The van der Waals surface area contributed by atoms with Gasteiger partial charge < -0.3 is 4.90 Å². The van der Waals surface area contributed by atoms with Crippen molar-refractivity contribution in [2.75, 3.05) is 6.54 Å². The zero-order valence-electron chi connectivity index (χ0n) is 21.4. The molecule has 36 heavy (non-hydrogen) atoms. The lowest BCUT2D eigenvalue weighted by Crippen LogP contribution is -2.57. The molecule has 2 aromatic carbocycles. The largest absolute Gasteiger partial charge is 0.330 e. The minimum Gasteiger partial charge on any atom is -0.330 e. The van der Waals surface area contributed by atoms with Gasteiger partial charge in [0.1, 0.15) is 0 Å². The number of hydrogen-bond acceptors (Lipinski definition) is 3. The zero-order chi connectivity index (χ0) is 26.7. The van der Waals surface area contributed by atoms with Crippen molar-refractivity contribution < 1.29 is 13.2 Å². The predicted molar refractivity (Wildman–Crippen MR) is 149 cm³/mol. The number of nitrogens with zero attached hydrogens (tertiary/aromatic N) is 1. The van der Waals surface area contributed by atoms with Crippen molar-refractivity contribution in [3.05, 3.63) is 82.4 Å². The van der Waals surface area contributed by atoms with Crippen molar-refractivity contribution in [3.8, 4) is 0 Å². The molecule has 8 heteroatoms. The van der Waals surface area contributed by atoms with Gasteiger partial charge in [-0.2, -0.15) is 0 Å². The molecule has 1 aliphatic rings. The first-order valence-corrected chi connectivity index (χ1v) is 14.7. The summed E-state index contributed by atoms with van der Waals surface area (Å²) in [4.78, 5) is 16.1. The minimum absolute atomic E-state index is 0.00350. The van der Waals surface area contributed by atoms with E-state index in [2.05, 4.69) is 11.3 Å². The van der Waals surface area contributed by atoms with E-state index in [4.69, 9.17) is 23.2 Å². The molecule has 0 aliphatic carbocycles. The molecule has 1 aliphatic heterocycles. The Kier molecular flexibility index (Phi) is 9.31. The third kappa shape index (κ3) is 6.16. The lowest BCUT2D eigenvalue weighted by Gasteiger charge is -2.52. The Morgan fingerprint density at radius 3 is 2.36 bits per heavy atom. The van der Waals surface area contributed by atoms with Crippen LogP contribution in [0.25, 0.3) is 0 Å². The van der Waals surface area contributed by atoms with E-state index in [9.17, 15) is 13.2 Å². The van der Waals surface area contributed by atoms with Crippen molar-refractivity contribution in [2.24, 2.45) is 5.41 Å². The van der Waals surface area contributed by atoms with Gasteiger partial charge in [-0.05, 0) is 68.5 Å². The monoisotopic (exact) mass is 550 g/mol. The molecule has 0 spiro atoms. The molecule has 0 radical (unpaired) electrons. The summed E-state index contributed by atoms with van der Waals surface area (Å²) < 4.78 is 27.9.